The second-order valence-corrected chi connectivity index (χ2v) is 6.62. The molecule has 1 saturated heterocycles. The Bertz CT molecular complexity index is 411. The number of rotatable bonds is 4. The Labute approximate surface area is 125 Å². The van der Waals surface area contributed by atoms with Gasteiger partial charge in [0.15, 0.2) is 0 Å². The van der Waals surface area contributed by atoms with E-state index in [1.54, 1.807) is 16.2 Å². The first kappa shape index (κ1) is 15.3. The number of hydrogen-bond donors (Lipinski definition) is 1. The predicted octanol–water partition coefficient (Wildman–Crippen LogP) is 2.41. The minimum atomic E-state index is 0.134. The number of amides is 2. The highest BCUT2D eigenvalue weighted by atomic mass is 32.1. The van der Waals surface area contributed by atoms with Gasteiger partial charge < -0.3 is 15.1 Å². The van der Waals surface area contributed by atoms with Gasteiger partial charge in [0, 0.05) is 39.3 Å². The normalized spacial score (nSPS) is 18.1. The molecule has 0 aromatic carbocycles. The standard InChI is InChI=1S/C15H25N3OS/c1-12(10-13-6-9-20-11-13)16-14-4-7-18(8-5-14)15(19)17(2)3/h6,9,11-12,14,16H,4-5,7-8,10H2,1-3H3. The van der Waals surface area contributed by atoms with Crippen LogP contribution in [0.1, 0.15) is 25.3 Å². The van der Waals surface area contributed by atoms with Crippen LogP contribution in [0.3, 0.4) is 0 Å². The van der Waals surface area contributed by atoms with Crippen molar-refractivity contribution in [1.82, 2.24) is 15.1 Å². The van der Waals surface area contributed by atoms with E-state index in [2.05, 4.69) is 29.1 Å². The molecule has 0 radical (unpaired) electrons. The Hall–Kier alpha value is -1.07. The summed E-state index contributed by atoms with van der Waals surface area (Å²) in [6.07, 6.45) is 3.18. The first-order valence-electron chi connectivity index (χ1n) is 7.29. The van der Waals surface area contributed by atoms with Gasteiger partial charge >= 0.3 is 6.03 Å². The lowest BCUT2D eigenvalue weighted by Crippen LogP contribution is -2.49. The van der Waals surface area contributed by atoms with Crippen molar-refractivity contribution in [1.29, 1.82) is 0 Å². The molecule has 1 fully saturated rings. The van der Waals surface area contributed by atoms with E-state index < -0.39 is 0 Å². The van der Waals surface area contributed by atoms with Crippen LogP contribution in [-0.2, 0) is 6.42 Å². The van der Waals surface area contributed by atoms with Crippen molar-refractivity contribution in [2.45, 2.75) is 38.3 Å². The highest BCUT2D eigenvalue weighted by molar-refractivity contribution is 7.07. The lowest BCUT2D eigenvalue weighted by molar-refractivity contribution is 0.151. The number of hydrogen-bond acceptors (Lipinski definition) is 3. The van der Waals surface area contributed by atoms with Gasteiger partial charge in [-0.25, -0.2) is 4.79 Å². The number of carbonyl (C=O) groups excluding carboxylic acids is 1. The molecule has 4 nitrogen and oxygen atoms in total. The number of urea groups is 1. The molecule has 1 aliphatic rings. The molecule has 5 heteroatoms. The molecule has 1 aromatic rings. The Kier molecular flexibility index (Phi) is 5.43. The Morgan fingerprint density at radius 2 is 2.20 bits per heavy atom. The topological polar surface area (TPSA) is 35.6 Å². The Balaban J connectivity index is 1.72. The quantitative estimate of drug-likeness (QED) is 0.926. The van der Waals surface area contributed by atoms with E-state index >= 15 is 0 Å². The van der Waals surface area contributed by atoms with E-state index in [1.165, 1.54) is 5.56 Å². The van der Waals surface area contributed by atoms with Crippen LogP contribution in [0.5, 0.6) is 0 Å². The monoisotopic (exact) mass is 295 g/mol. The summed E-state index contributed by atoms with van der Waals surface area (Å²) in [6.45, 7) is 3.97. The van der Waals surface area contributed by atoms with Gasteiger partial charge in [0.05, 0.1) is 0 Å². The van der Waals surface area contributed by atoms with Crippen molar-refractivity contribution in [3.8, 4) is 0 Å². The molecule has 1 N–H and O–H groups in total. The SMILES string of the molecule is CC(Cc1ccsc1)NC1CCN(C(=O)N(C)C)CC1. The summed E-state index contributed by atoms with van der Waals surface area (Å²) < 4.78 is 0. The average molecular weight is 295 g/mol. The molecule has 0 saturated carbocycles. The molecule has 1 aliphatic heterocycles. The minimum absolute atomic E-state index is 0.134. The molecule has 112 valence electrons. The summed E-state index contributed by atoms with van der Waals surface area (Å²) in [5.41, 5.74) is 1.41. The van der Waals surface area contributed by atoms with Crippen LogP contribution >= 0.6 is 11.3 Å². The number of likely N-dealkylation sites (tertiary alicyclic amines) is 1. The lowest BCUT2D eigenvalue weighted by atomic mass is 10.0. The molecule has 1 unspecified atom stereocenters. The van der Waals surface area contributed by atoms with Gasteiger partial charge in [0.2, 0.25) is 0 Å². The maximum atomic E-state index is 11.9. The highest BCUT2D eigenvalue weighted by Gasteiger charge is 2.24. The fraction of sp³-hybridized carbons (Fsp3) is 0.667. The summed E-state index contributed by atoms with van der Waals surface area (Å²) >= 11 is 1.76. The average Bonchev–Trinajstić information content (AvgIpc) is 2.91. The zero-order valence-corrected chi connectivity index (χ0v) is 13.4. The summed E-state index contributed by atoms with van der Waals surface area (Å²) in [6, 6.07) is 3.36. The molecular formula is C15H25N3OS. The number of nitrogens with zero attached hydrogens (tertiary/aromatic N) is 2. The van der Waals surface area contributed by atoms with Crippen LogP contribution in [0.4, 0.5) is 4.79 Å². The Morgan fingerprint density at radius 3 is 2.75 bits per heavy atom. The van der Waals surface area contributed by atoms with Gasteiger partial charge in [-0.3, -0.25) is 0 Å². The van der Waals surface area contributed by atoms with E-state index in [4.69, 9.17) is 0 Å². The van der Waals surface area contributed by atoms with E-state index in [9.17, 15) is 4.79 Å². The van der Waals surface area contributed by atoms with Crippen LogP contribution in [0.25, 0.3) is 0 Å². The molecule has 2 amide bonds. The third-order valence-electron chi connectivity index (χ3n) is 3.79. The van der Waals surface area contributed by atoms with E-state index in [-0.39, 0.29) is 6.03 Å². The number of thiophene rings is 1. The minimum Gasteiger partial charge on any atom is -0.331 e. The molecule has 2 rings (SSSR count). The van der Waals surface area contributed by atoms with Crippen LogP contribution in [-0.4, -0.2) is 55.1 Å². The molecular weight excluding hydrogens is 270 g/mol. The molecule has 0 aliphatic carbocycles. The first-order chi connectivity index (χ1) is 9.56. The van der Waals surface area contributed by atoms with Gasteiger partial charge in [-0.15, -0.1) is 0 Å². The second-order valence-electron chi connectivity index (χ2n) is 5.84. The molecule has 0 spiro atoms. The molecule has 1 atom stereocenters. The van der Waals surface area contributed by atoms with Crippen LogP contribution in [0.2, 0.25) is 0 Å². The largest absolute Gasteiger partial charge is 0.331 e. The van der Waals surface area contributed by atoms with Crippen molar-refractivity contribution in [2.24, 2.45) is 0 Å². The zero-order valence-electron chi connectivity index (χ0n) is 12.6. The van der Waals surface area contributed by atoms with Gasteiger partial charge in [-0.05, 0) is 48.6 Å². The van der Waals surface area contributed by atoms with Crippen molar-refractivity contribution in [2.75, 3.05) is 27.2 Å². The summed E-state index contributed by atoms with van der Waals surface area (Å²) in [4.78, 5) is 15.5. The van der Waals surface area contributed by atoms with Crippen molar-refractivity contribution < 1.29 is 4.79 Å². The number of piperidine rings is 1. The summed E-state index contributed by atoms with van der Waals surface area (Å²) in [5, 5.41) is 8.05. The molecule has 20 heavy (non-hydrogen) atoms. The van der Waals surface area contributed by atoms with Crippen molar-refractivity contribution in [3.05, 3.63) is 22.4 Å². The zero-order chi connectivity index (χ0) is 14.5. The third-order valence-corrected chi connectivity index (χ3v) is 4.52. The molecule has 2 heterocycles. The van der Waals surface area contributed by atoms with Gasteiger partial charge in [-0.2, -0.15) is 11.3 Å². The fourth-order valence-electron chi connectivity index (χ4n) is 2.74. The van der Waals surface area contributed by atoms with Crippen LogP contribution in [0.15, 0.2) is 16.8 Å². The van der Waals surface area contributed by atoms with Crippen LogP contribution in [0, 0.1) is 0 Å². The van der Waals surface area contributed by atoms with Crippen molar-refractivity contribution >= 4 is 17.4 Å². The smallest absolute Gasteiger partial charge is 0.319 e. The van der Waals surface area contributed by atoms with Crippen LogP contribution < -0.4 is 5.32 Å². The van der Waals surface area contributed by atoms with E-state index in [0.29, 0.717) is 12.1 Å². The van der Waals surface area contributed by atoms with E-state index in [1.807, 2.05) is 19.0 Å². The van der Waals surface area contributed by atoms with Gasteiger partial charge in [0.25, 0.3) is 0 Å². The second kappa shape index (κ2) is 7.09. The van der Waals surface area contributed by atoms with Gasteiger partial charge in [0.1, 0.15) is 0 Å². The maximum Gasteiger partial charge on any atom is 0.319 e. The molecule has 1 aromatic heterocycles. The van der Waals surface area contributed by atoms with Gasteiger partial charge in [-0.1, -0.05) is 0 Å². The third kappa shape index (κ3) is 4.21. The number of carbonyl (C=O) groups is 1. The summed E-state index contributed by atoms with van der Waals surface area (Å²) in [5.74, 6) is 0. The van der Waals surface area contributed by atoms with Crippen molar-refractivity contribution in [3.63, 3.8) is 0 Å². The molecule has 0 bridgehead atoms. The fourth-order valence-corrected chi connectivity index (χ4v) is 3.43. The lowest BCUT2D eigenvalue weighted by Gasteiger charge is -2.35. The highest BCUT2D eigenvalue weighted by Crippen LogP contribution is 2.14. The Morgan fingerprint density at radius 1 is 1.50 bits per heavy atom. The predicted molar refractivity (Wildman–Crippen MR) is 84.3 cm³/mol. The summed E-state index contributed by atoms with van der Waals surface area (Å²) in [7, 11) is 3.63. The van der Waals surface area contributed by atoms with E-state index in [0.717, 1.165) is 32.4 Å². The maximum absolute atomic E-state index is 11.9. The number of nitrogens with one attached hydrogen (secondary N) is 1. The first-order valence-corrected chi connectivity index (χ1v) is 8.24.